The lowest BCUT2D eigenvalue weighted by molar-refractivity contribution is 0.0482. The summed E-state index contributed by atoms with van der Waals surface area (Å²) in [6.45, 7) is 0. The van der Waals surface area contributed by atoms with Crippen LogP contribution in [0.4, 0.5) is 0 Å². The fraction of sp³-hybridized carbons (Fsp3) is 0.500. The molecular formula is C12H14Cl2O. The van der Waals surface area contributed by atoms with E-state index in [1.807, 2.05) is 12.1 Å². The van der Waals surface area contributed by atoms with Crippen LogP contribution >= 0.6 is 23.2 Å². The first kappa shape index (κ1) is 11.3. The fourth-order valence-electron chi connectivity index (χ4n) is 2.23. The smallest absolute Gasteiger partial charge is 0.0688 e. The van der Waals surface area contributed by atoms with Gasteiger partial charge in [-0.15, -0.1) is 0 Å². The van der Waals surface area contributed by atoms with E-state index >= 15 is 0 Å². The maximum atomic E-state index is 10.2. The Labute approximate surface area is 100 Å². The second kappa shape index (κ2) is 4.32. The van der Waals surface area contributed by atoms with Gasteiger partial charge in [0.1, 0.15) is 0 Å². The lowest BCUT2D eigenvalue weighted by Crippen LogP contribution is -2.27. The molecular weight excluding hydrogens is 231 g/mol. The summed E-state index contributed by atoms with van der Waals surface area (Å²) in [4.78, 5) is 0. The first-order valence-electron chi connectivity index (χ1n) is 5.25. The highest BCUT2D eigenvalue weighted by Crippen LogP contribution is 2.34. The Balaban J connectivity index is 2.16. The zero-order chi connectivity index (χ0) is 10.9. The molecule has 2 rings (SSSR count). The van der Waals surface area contributed by atoms with Gasteiger partial charge < -0.3 is 5.11 Å². The van der Waals surface area contributed by atoms with E-state index in [1.165, 1.54) is 0 Å². The molecule has 1 saturated carbocycles. The summed E-state index contributed by atoms with van der Waals surface area (Å²) in [5.41, 5.74) is 0.447. The molecule has 1 nitrogen and oxygen atoms in total. The average molecular weight is 245 g/mol. The van der Waals surface area contributed by atoms with Crippen LogP contribution in [0.2, 0.25) is 10.0 Å². The van der Waals surface area contributed by atoms with E-state index < -0.39 is 5.60 Å². The maximum absolute atomic E-state index is 10.2. The molecule has 0 radical (unpaired) electrons. The van der Waals surface area contributed by atoms with Gasteiger partial charge in [0.25, 0.3) is 0 Å². The van der Waals surface area contributed by atoms with Gasteiger partial charge in [-0.3, -0.25) is 0 Å². The van der Waals surface area contributed by atoms with E-state index in [2.05, 4.69) is 0 Å². The van der Waals surface area contributed by atoms with Crippen molar-refractivity contribution >= 4 is 23.2 Å². The van der Waals surface area contributed by atoms with Crippen LogP contribution in [0, 0.1) is 0 Å². The number of halogens is 2. The molecule has 0 unspecified atom stereocenters. The Morgan fingerprint density at radius 2 is 1.87 bits per heavy atom. The third-order valence-electron chi connectivity index (χ3n) is 3.07. The molecule has 0 amide bonds. The quantitative estimate of drug-likeness (QED) is 0.839. The van der Waals surface area contributed by atoms with Crippen LogP contribution in [0.25, 0.3) is 0 Å². The molecule has 82 valence electrons. The Morgan fingerprint density at radius 1 is 1.20 bits per heavy atom. The van der Waals surface area contributed by atoms with E-state index in [4.69, 9.17) is 23.2 Å². The molecule has 0 spiro atoms. The Morgan fingerprint density at radius 3 is 2.47 bits per heavy atom. The third-order valence-corrected chi connectivity index (χ3v) is 3.66. The molecule has 1 N–H and O–H groups in total. The lowest BCUT2D eigenvalue weighted by atomic mass is 9.93. The van der Waals surface area contributed by atoms with Gasteiger partial charge in [0, 0.05) is 16.5 Å². The summed E-state index contributed by atoms with van der Waals surface area (Å²) in [6, 6.07) is 5.46. The van der Waals surface area contributed by atoms with Crippen molar-refractivity contribution in [2.75, 3.05) is 0 Å². The molecule has 0 atom stereocenters. The largest absolute Gasteiger partial charge is 0.390 e. The second-order valence-electron chi connectivity index (χ2n) is 4.34. The van der Waals surface area contributed by atoms with E-state index in [-0.39, 0.29) is 0 Å². The molecule has 0 saturated heterocycles. The zero-order valence-corrected chi connectivity index (χ0v) is 9.98. The number of aliphatic hydroxyl groups is 1. The zero-order valence-electron chi connectivity index (χ0n) is 8.47. The molecule has 1 aliphatic carbocycles. The molecule has 1 fully saturated rings. The van der Waals surface area contributed by atoms with Crippen LogP contribution in [0.5, 0.6) is 0 Å². The minimum Gasteiger partial charge on any atom is -0.390 e. The monoisotopic (exact) mass is 244 g/mol. The van der Waals surface area contributed by atoms with Crippen molar-refractivity contribution in [2.45, 2.75) is 37.7 Å². The van der Waals surface area contributed by atoms with Crippen molar-refractivity contribution in [1.29, 1.82) is 0 Å². The van der Waals surface area contributed by atoms with E-state index in [9.17, 15) is 5.11 Å². The minimum absolute atomic E-state index is 0.544. The molecule has 1 aromatic rings. The van der Waals surface area contributed by atoms with Crippen molar-refractivity contribution in [3.63, 3.8) is 0 Å². The third kappa shape index (κ3) is 2.66. The highest BCUT2D eigenvalue weighted by atomic mass is 35.5. The molecule has 1 aromatic carbocycles. The van der Waals surface area contributed by atoms with Crippen LogP contribution in [0.1, 0.15) is 31.2 Å². The summed E-state index contributed by atoms with van der Waals surface area (Å²) in [7, 11) is 0. The Kier molecular flexibility index (Phi) is 3.24. The molecule has 0 aromatic heterocycles. The van der Waals surface area contributed by atoms with Crippen LogP contribution in [-0.2, 0) is 6.42 Å². The van der Waals surface area contributed by atoms with E-state index in [0.717, 1.165) is 31.2 Å². The highest BCUT2D eigenvalue weighted by Gasteiger charge is 2.31. The molecule has 0 bridgehead atoms. The summed E-state index contributed by atoms with van der Waals surface area (Å²) in [5, 5.41) is 11.5. The minimum atomic E-state index is -0.544. The molecule has 0 heterocycles. The number of hydrogen-bond donors (Lipinski definition) is 1. The van der Waals surface area contributed by atoms with E-state index in [0.29, 0.717) is 16.5 Å². The molecule has 15 heavy (non-hydrogen) atoms. The van der Waals surface area contributed by atoms with Gasteiger partial charge in [0.05, 0.1) is 5.60 Å². The lowest BCUT2D eigenvalue weighted by Gasteiger charge is -2.22. The van der Waals surface area contributed by atoms with E-state index in [1.54, 1.807) is 6.07 Å². The van der Waals surface area contributed by atoms with Gasteiger partial charge in [0.15, 0.2) is 0 Å². The molecule has 3 heteroatoms. The first-order chi connectivity index (χ1) is 7.09. The van der Waals surface area contributed by atoms with Gasteiger partial charge >= 0.3 is 0 Å². The van der Waals surface area contributed by atoms with Gasteiger partial charge in [-0.05, 0) is 30.5 Å². The normalized spacial score (nSPS) is 19.4. The van der Waals surface area contributed by atoms with Gasteiger partial charge in [-0.1, -0.05) is 42.1 Å². The first-order valence-corrected chi connectivity index (χ1v) is 6.01. The number of benzene rings is 1. The summed E-state index contributed by atoms with van der Waals surface area (Å²) < 4.78 is 0. The topological polar surface area (TPSA) is 20.2 Å². The van der Waals surface area contributed by atoms with Gasteiger partial charge in [-0.2, -0.15) is 0 Å². The average Bonchev–Trinajstić information content (AvgIpc) is 2.58. The summed E-state index contributed by atoms with van der Waals surface area (Å²) >= 11 is 11.9. The standard InChI is InChI=1S/C12H14Cl2O/c13-10-4-3-9(11(14)7-10)8-12(15)5-1-2-6-12/h3-4,7,15H,1-2,5-6,8H2. The van der Waals surface area contributed by atoms with Crippen LogP contribution in [0.3, 0.4) is 0 Å². The van der Waals surface area contributed by atoms with Gasteiger partial charge in [-0.25, -0.2) is 0 Å². The highest BCUT2D eigenvalue weighted by molar-refractivity contribution is 6.35. The molecule has 1 aliphatic rings. The van der Waals surface area contributed by atoms with Gasteiger partial charge in [0.2, 0.25) is 0 Å². The van der Waals surface area contributed by atoms with Crippen molar-refractivity contribution in [1.82, 2.24) is 0 Å². The Bertz CT molecular complexity index is 357. The molecule has 0 aliphatic heterocycles. The van der Waals surface area contributed by atoms with Crippen molar-refractivity contribution in [3.05, 3.63) is 33.8 Å². The Hall–Kier alpha value is -0.240. The number of hydrogen-bond acceptors (Lipinski definition) is 1. The second-order valence-corrected chi connectivity index (χ2v) is 5.19. The maximum Gasteiger partial charge on any atom is 0.0688 e. The van der Waals surface area contributed by atoms with Crippen molar-refractivity contribution in [2.24, 2.45) is 0 Å². The summed E-state index contributed by atoms with van der Waals surface area (Å²) in [6.07, 6.45) is 4.63. The van der Waals surface area contributed by atoms with Crippen LogP contribution < -0.4 is 0 Å². The van der Waals surface area contributed by atoms with Crippen LogP contribution in [-0.4, -0.2) is 10.7 Å². The number of rotatable bonds is 2. The fourth-order valence-corrected chi connectivity index (χ4v) is 2.70. The predicted octanol–water partition coefficient (Wildman–Crippen LogP) is 3.84. The SMILES string of the molecule is OC1(Cc2ccc(Cl)cc2Cl)CCCC1. The predicted molar refractivity (Wildman–Crippen MR) is 63.6 cm³/mol. The summed E-state index contributed by atoms with van der Waals surface area (Å²) in [5.74, 6) is 0. The van der Waals surface area contributed by atoms with Crippen molar-refractivity contribution in [3.8, 4) is 0 Å². The van der Waals surface area contributed by atoms with Crippen LogP contribution in [0.15, 0.2) is 18.2 Å². The van der Waals surface area contributed by atoms with Crippen molar-refractivity contribution < 1.29 is 5.11 Å².